The lowest BCUT2D eigenvalue weighted by atomic mass is 10.1. The molecule has 1 aliphatic heterocycles. The van der Waals surface area contributed by atoms with E-state index in [0.29, 0.717) is 12.5 Å². The average molecular weight is 256 g/mol. The predicted molar refractivity (Wildman–Crippen MR) is 68.7 cm³/mol. The van der Waals surface area contributed by atoms with E-state index in [1.807, 2.05) is 0 Å². The Hall–Kier alpha value is -0.650. The third kappa shape index (κ3) is 4.23. The van der Waals surface area contributed by atoms with E-state index in [9.17, 15) is 9.90 Å². The number of ether oxygens (including phenoxy) is 1. The van der Waals surface area contributed by atoms with E-state index in [0.717, 1.165) is 39.1 Å². The summed E-state index contributed by atoms with van der Waals surface area (Å²) in [6.45, 7) is 7.50. The predicted octanol–water partition coefficient (Wildman–Crippen LogP) is 0.693. The van der Waals surface area contributed by atoms with Crippen molar-refractivity contribution in [2.75, 3.05) is 26.2 Å². The van der Waals surface area contributed by atoms with Crippen molar-refractivity contribution in [3.05, 3.63) is 0 Å². The van der Waals surface area contributed by atoms with Gasteiger partial charge in [0, 0.05) is 25.7 Å². The maximum Gasteiger partial charge on any atom is 0.320 e. The van der Waals surface area contributed by atoms with Crippen molar-refractivity contribution in [2.24, 2.45) is 0 Å². The van der Waals surface area contributed by atoms with E-state index in [-0.39, 0.29) is 5.60 Å². The summed E-state index contributed by atoms with van der Waals surface area (Å²) in [5.74, 6) is -0.727. The first-order valence-corrected chi connectivity index (χ1v) is 6.81. The molecule has 104 valence electrons. The molecule has 5 heteroatoms. The van der Waals surface area contributed by atoms with Crippen molar-refractivity contribution < 1.29 is 14.6 Å². The molecule has 2 N–H and O–H groups in total. The highest BCUT2D eigenvalue weighted by atomic mass is 16.5. The molecule has 0 aromatic rings. The smallest absolute Gasteiger partial charge is 0.320 e. The molecule has 0 aromatic carbocycles. The Labute approximate surface area is 108 Å². The van der Waals surface area contributed by atoms with Crippen LogP contribution in [0, 0.1) is 0 Å². The van der Waals surface area contributed by atoms with Crippen molar-refractivity contribution in [1.82, 2.24) is 10.2 Å². The van der Waals surface area contributed by atoms with E-state index in [1.54, 1.807) is 0 Å². The number of hydrogen-bond acceptors (Lipinski definition) is 4. The molecule has 1 saturated heterocycles. The lowest BCUT2D eigenvalue weighted by Crippen LogP contribution is -2.50. The van der Waals surface area contributed by atoms with Gasteiger partial charge in [-0.05, 0) is 33.1 Å². The standard InChI is InChI=1S/C13H24N2O3/c1-13(2)9-15(7-8-18-13)6-5-11(12(16)17)14-10-3-4-10/h10-11,14H,3-9H2,1-2H3,(H,16,17). The zero-order chi connectivity index (χ0) is 13.2. The van der Waals surface area contributed by atoms with Gasteiger partial charge >= 0.3 is 5.97 Å². The van der Waals surface area contributed by atoms with Crippen molar-refractivity contribution in [2.45, 2.75) is 50.8 Å². The van der Waals surface area contributed by atoms with Crippen LogP contribution in [-0.2, 0) is 9.53 Å². The molecule has 1 unspecified atom stereocenters. The Kier molecular flexibility index (Phi) is 4.25. The summed E-state index contributed by atoms with van der Waals surface area (Å²) in [4.78, 5) is 13.5. The van der Waals surface area contributed by atoms with Gasteiger partial charge in [-0.25, -0.2) is 0 Å². The zero-order valence-corrected chi connectivity index (χ0v) is 11.3. The molecule has 0 aromatic heterocycles. The molecule has 2 rings (SSSR count). The van der Waals surface area contributed by atoms with Crippen molar-refractivity contribution in [3.63, 3.8) is 0 Å². The van der Waals surface area contributed by atoms with Gasteiger partial charge in [-0.15, -0.1) is 0 Å². The van der Waals surface area contributed by atoms with Gasteiger partial charge in [0.15, 0.2) is 0 Å². The summed E-state index contributed by atoms with van der Waals surface area (Å²) in [6.07, 6.45) is 2.91. The van der Waals surface area contributed by atoms with Gasteiger partial charge in [-0.3, -0.25) is 9.69 Å². The lowest BCUT2D eigenvalue weighted by Gasteiger charge is -2.38. The summed E-state index contributed by atoms with van der Waals surface area (Å²) >= 11 is 0. The fourth-order valence-electron chi connectivity index (χ4n) is 2.43. The highest BCUT2D eigenvalue weighted by molar-refractivity contribution is 5.73. The Morgan fingerprint density at radius 3 is 2.83 bits per heavy atom. The second-order valence-electron chi connectivity index (χ2n) is 6.00. The molecule has 0 amide bonds. The summed E-state index contributed by atoms with van der Waals surface area (Å²) < 4.78 is 5.65. The molecule has 0 spiro atoms. The van der Waals surface area contributed by atoms with Crippen LogP contribution in [0.5, 0.6) is 0 Å². The normalized spacial score (nSPS) is 25.9. The maximum absolute atomic E-state index is 11.2. The molecule has 18 heavy (non-hydrogen) atoms. The van der Waals surface area contributed by atoms with Gasteiger partial charge in [0.1, 0.15) is 6.04 Å². The molecule has 2 aliphatic rings. The summed E-state index contributed by atoms with van der Waals surface area (Å²) in [5.41, 5.74) is -0.110. The SMILES string of the molecule is CC1(C)CN(CCC(NC2CC2)C(=O)O)CCO1. The van der Waals surface area contributed by atoms with Gasteiger partial charge < -0.3 is 15.2 Å². The van der Waals surface area contributed by atoms with Crippen molar-refractivity contribution >= 4 is 5.97 Å². The first kappa shape index (κ1) is 13.8. The molecule has 5 nitrogen and oxygen atoms in total. The number of carbonyl (C=O) groups is 1. The Bertz CT molecular complexity index is 303. The monoisotopic (exact) mass is 256 g/mol. The molecule has 1 atom stereocenters. The molecule has 0 radical (unpaired) electrons. The lowest BCUT2D eigenvalue weighted by molar-refractivity contribution is -0.140. The number of nitrogens with zero attached hydrogens (tertiary/aromatic N) is 1. The van der Waals surface area contributed by atoms with E-state index in [2.05, 4.69) is 24.1 Å². The number of carboxylic acid groups (broad SMARTS) is 1. The first-order valence-electron chi connectivity index (χ1n) is 6.81. The van der Waals surface area contributed by atoms with E-state index >= 15 is 0 Å². The number of rotatable bonds is 6. The third-order valence-electron chi connectivity index (χ3n) is 3.55. The van der Waals surface area contributed by atoms with Gasteiger partial charge in [-0.1, -0.05) is 0 Å². The molecular formula is C13H24N2O3. The van der Waals surface area contributed by atoms with Gasteiger partial charge in [0.2, 0.25) is 0 Å². The molecular weight excluding hydrogens is 232 g/mol. The van der Waals surface area contributed by atoms with E-state index < -0.39 is 12.0 Å². The van der Waals surface area contributed by atoms with Crippen molar-refractivity contribution in [3.8, 4) is 0 Å². The average Bonchev–Trinajstić information content (AvgIpc) is 3.06. The van der Waals surface area contributed by atoms with Crippen LogP contribution in [0.2, 0.25) is 0 Å². The van der Waals surface area contributed by atoms with Crippen LogP contribution in [0.3, 0.4) is 0 Å². The van der Waals surface area contributed by atoms with Gasteiger partial charge in [-0.2, -0.15) is 0 Å². The molecule has 1 heterocycles. The third-order valence-corrected chi connectivity index (χ3v) is 3.55. The van der Waals surface area contributed by atoms with E-state index in [4.69, 9.17) is 4.74 Å². The number of nitrogens with one attached hydrogen (secondary N) is 1. The maximum atomic E-state index is 11.2. The van der Waals surface area contributed by atoms with E-state index in [1.165, 1.54) is 0 Å². The quantitative estimate of drug-likeness (QED) is 0.732. The van der Waals surface area contributed by atoms with Crippen LogP contribution >= 0.6 is 0 Å². The number of morpholine rings is 1. The molecule has 1 aliphatic carbocycles. The fraction of sp³-hybridized carbons (Fsp3) is 0.923. The summed E-state index contributed by atoms with van der Waals surface area (Å²) in [5, 5.41) is 12.4. The van der Waals surface area contributed by atoms with Crippen molar-refractivity contribution in [1.29, 1.82) is 0 Å². The minimum atomic E-state index is -0.727. The number of aliphatic carboxylic acids is 1. The Morgan fingerprint density at radius 2 is 2.28 bits per heavy atom. The summed E-state index contributed by atoms with van der Waals surface area (Å²) in [6, 6.07) is 0.0377. The Morgan fingerprint density at radius 1 is 1.56 bits per heavy atom. The van der Waals surface area contributed by atoms with Crippen LogP contribution in [0.15, 0.2) is 0 Å². The molecule has 1 saturated carbocycles. The van der Waals surface area contributed by atoms with Crippen LogP contribution < -0.4 is 5.32 Å². The molecule has 0 bridgehead atoms. The largest absolute Gasteiger partial charge is 0.480 e. The van der Waals surface area contributed by atoms with Crippen LogP contribution in [0.1, 0.15) is 33.1 Å². The summed E-state index contributed by atoms with van der Waals surface area (Å²) in [7, 11) is 0. The van der Waals surface area contributed by atoms with Gasteiger partial charge in [0.25, 0.3) is 0 Å². The highest BCUT2D eigenvalue weighted by Crippen LogP contribution is 2.21. The first-order chi connectivity index (χ1) is 8.46. The zero-order valence-electron chi connectivity index (χ0n) is 11.3. The number of hydrogen-bond donors (Lipinski definition) is 2. The van der Waals surface area contributed by atoms with Crippen LogP contribution in [-0.4, -0.2) is 59.9 Å². The molecule has 2 fully saturated rings. The second-order valence-corrected chi connectivity index (χ2v) is 6.00. The minimum absolute atomic E-state index is 0.110. The Balaban J connectivity index is 1.75. The highest BCUT2D eigenvalue weighted by Gasteiger charge is 2.30. The fourth-order valence-corrected chi connectivity index (χ4v) is 2.43. The topological polar surface area (TPSA) is 61.8 Å². The van der Waals surface area contributed by atoms with Crippen LogP contribution in [0.4, 0.5) is 0 Å². The number of carboxylic acids is 1. The van der Waals surface area contributed by atoms with Crippen LogP contribution in [0.25, 0.3) is 0 Å². The van der Waals surface area contributed by atoms with Gasteiger partial charge in [0.05, 0.1) is 12.2 Å². The minimum Gasteiger partial charge on any atom is -0.480 e. The second kappa shape index (κ2) is 5.55.